The molecule has 1 heterocycles. The SMILES string of the molecule is Cc1ccc(-n2nnc(C#N)c2C(F)(F)F)cc1Cl. The van der Waals surface area contributed by atoms with Crippen LogP contribution in [0.25, 0.3) is 5.69 Å². The molecule has 1 aromatic heterocycles. The minimum Gasteiger partial charge on any atom is -0.207 e. The Bertz CT molecular complexity index is 670. The molecule has 0 bridgehead atoms. The molecule has 19 heavy (non-hydrogen) atoms. The third-order valence-corrected chi connectivity index (χ3v) is 2.85. The summed E-state index contributed by atoms with van der Waals surface area (Å²) in [5.41, 5.74) is -1.17. The van der Waals surface area contributed by atoms with Crippen molar-refractivity contribution in [3.8, 4) is 11.8 Å². The van der Waals surface area contributed by atoms with E-state index >= 15 is 0 Å². The summed E-state index contributed by atoms with van der Waals surface area (Å²) in [4.78, 5) is 0. The van der Waals surface area contributed by atoms with Crippen LogP contribution >= 0.6 is 11.6 Å². The Hall–Kier alpha value is -2.07. The smallest absolute Gasteiger partial charge is 0.207 e. The van der Waals surface area contributed by atoms with Crippen LogP contribution in [0.3, 0.4) is 0 Å². The minimum atomic E-state index is -4.73. The summed E-state index contributed by atoms with van der Waals surface area (Å²) in [7, 11) is 0. The zero-order valence-electron chi connectivity index (χ0n) is 9.53. The number of benzene rings is 1. The third kappa shape index (κ3) is 2.39. The average molecular weight is 287 g/mol. The summed E-state index contributed by atoms with van der Waals surface area (Å²) in [6, 6.07) is 5.69. The van der Waals surface area contributed by atoms with E-state index in [1.165, 1.54) is 18.2 Å². The maximum absolute atomic E-state index is 12.9. The number of halogens is 4. The Labute approximate surface area is 111 Å². The second-order valence-electron chi connectivity index (χ2n) is 3.74. The van der Waals surface area contributed by atoms with E-state index in [1.54, 1.807) is 13.0 Å². The summed E-state index contributed by atoms with van der Waals surface area (Å²) in [6.45, 7) is 1.72. The Morgan fingerprint density at radius 2 is 2.05 bits per heavy atom. The normalized spacial score (nSPS) is 11.4. The Kier molecular flexibility index (Phi) is 3.20. The lowest BCUT2D eigenvalue weighted by Gasteiger charge is -2.10. The van der Waals surface area contributed by atoms with E-state index < -0.39 is 17.6 Å². The lowest BCUT2D eigenvalue weighted by Crippen LogP contribution is -2.14. The predicted octanol–water partition coefficient (Wildman–Crippen LogP) is 3.12. The number of aromatic nitrogens is 3. The third-order valence-electron chi connectivity index (χ3n) is 2.44. The first-order valence-corrected chi connectivity index (χ1v) is 5.42. The molecule has 2 rings (SSSR count). The van der Waals surface area contributed by atoms with Crippen molar-refractivity contribution in [1.29, 1.82) is 5.26 Å². The molecule has 0 spiro atoms. The van der Waals surface area contributed by atoms with Crippen molar-refractivity contribution in [2.75, 3.05) is 0 Å². The largest absolute Gasteiger partial charge is 0.436 e. The Balaban J connectivity index is 2.67. The number of hydrogen-bond donors (Lipinski definition) is 0. The van der Waals surface area contributed by atoms with Crippen molar-refractivity contribution in [1.82, 2.24) is 15.0 Å². The van der Waals surface area contributed by atoms with Gasteiger partial charge in [0.25, 0.3) is 0 Å². The van der Waals surface area contributed by atoms with E-state index in [1.807, 2.05) is 0 Å². The van der Waals surface area contributed by atoms with Gasteiger partial charge in [0.15, 0.2) is 11.4 Å². The molecule has 0 aliphatic carbocycles. The number of hydrogen-bond acceptors (Lipinski definition) is 3. The molecule has 0 aliphatic rings. The highest BCUT2D eigenvalue weighted by Crippen LogP contribution is 2.33. The summed E-state index contributed by atoms with van der Waals surface area (Å²) in [6.07, 6.45) is -4.73. The highest BCUT2D eigenvalue weighted by molar-refractivity contribution is 6.31. The van der Waals surface area contributed by atoms with Crippen molar-refractivity contribution in [2.45, 2.75) is 13.1 Å². The predicted molar refractivity (Wildman–Crippen MR) is 60.8 cm³/mol. The van der Waals surface area contributed by atoms with Crippen LogP contribution < -0.4 is 0 Å². The van der Waals surface area contributed by atoms with Gasteiger partial charge in [-0.1, -0.05) is 22.9 Å². The highest BCUT2D eigenvalue weighted by atomic mass is 35.5. The molecule has 0 radical (unpaired) electrons. The molecule has 4 nitrogen and oxygen atoms in total. The second kappa shape index (κ2) is 4.55. The summed E-state index contributed by atoms with van der Waals surface area (Å²) < 4.78 is 39.3. The Morgan fingerprint density at radius 1 is 1.37 bits per heavy atom. The monoisotopic (exact) mass is 286 g/mol. The van der Waals surface area contributed by atoms with Gasteiger partial charge in [-0.2, -0.15) is 18.4 Å². The van der Waals surface area contributed by atoms with Crippen molar-refractivity contribution >= 4 is 11.6 Å². The molecule has 0 amide bonds. The van der Waals surface area contributed by atoms with Crippen molar-refractivity contribution < 1.29 is 13.2 Å². The van der Waals surface area contributed by atoms with E-state index in [2.05, 4.69) is 10.3 Å². The van der Waals surface area contributed by atoms with Gasteiger partial charge in [0.1, 0.15) is 6.07 Å². The van der Waals surface area contributed by atoms with Crippen LogP contribution in [0, 0.1) is 18.3 Å². The van der Waals surface area contributed by atoms with E-state index in [0.717, 1.165) is 5.56 Å². The summed E-state index contributed by atoms with van der Waals surface area (Å²) in [5, 5.41) is 15.5. The van der Waals surface area contributed by atoms with Gasteiger partial charge in [0.2, 0.25) is 0 Å². The van der Waals surface area contributed by atoms with Crippen LogP contribution in [0.15, 0.2) is 18.2 Å². The summed E-state index contributed by atoms with van der Waals surface area (Å²) >= 11 is 5.86. The molecule has 0 saturated carbocycles. The zero-order chi connectivity index (χ0) is 14.2. The van der Waals surface area contributed by atoms with Gasteiger partial charge in [-0.25, -0.2) is 4.68 Å². The quantitative estimate of drug-likeness (QED) is 0.809. The number of alkyl halides is 3. The molecule has 1 aromatic carbocycles. The molecule has 0 fully saturated rings. The van der Waals surface area contributed by atoms with E-state index in [0.29, 0.717) is 9.70 Å². The number of aryl methyl sites for hydroxylation is 1. The van der Waals surface area contributed by atoms with Crippen molar-refractivity contribution in [2.24, 2.45) is 0 Å². The highest BCUT2D eigenvalue weighted by Gasteiger charge is 2.40. The fourth-order valence-electron chi connectivity index (χ4n) is 1.51. The van der Waals surface area contributed by atoms with E-state index in [9.17, 15) is 13.2 Å². The fourth-order valence-corrected chi connectivity index (χ4v) is 1.68. The minimum absolute atomic E-state index is 0.0944. The fraction of sp³-hybridized carbons (Fsp3) is 0.182. The average Bonchev–Trinajstić information content (AvgIpc) is 2.76. The van der Waals surface area contributed by atoms with Gasteiger partial charge < -0.3 is 0 Å². The van der Waals surface area contributed by atoms with Gasteiger partial charge in [0.05, 0.1) is 5.69 Å². The van der Waals surface area contributed by atoms with Crippen LogP contribution in [-0.2, 0) is 6.18 Å². The topological polar surface area (TPSA) is 54.5 Å². The van der Waals surface area contributed by atoms with Crippen LogP contribution in [0.1, 0.15) is 17.0 Å². The van der Waals surface area contributed by atoms with Crippen molar-refractivity contribution in [3.05, 3.63) is 40.2 Å². The molecule has 0 aliphatic heterocycles. The molecular weight excluding hydrogens is 281 g/mol. The number of nitrogens with zero attached hydrogens (tertiary/aromatic N) is 4. The number of rotatable bonds is 1. The Morgan fingerprint density at radius 3 is 2.58 bits per heavy atom. The van der Waals surface area contributed by atoms with Crippen LogP contribution in [-0.4, -0.2) is 15.0 Å². The first-order valence-electron chi connectivity index (χ1n) is 5.04. The molecule has 0 saturated heterocycles. The first-order chi connectivity index (χ1) is 8.84. The summed E-state index contributed by atoms with van der Waals surface area (Å²) in [5.74, 6) is 0. The maximum atomic E-state index is 12.9. The molecule has 0 unspecified atom stereocenters. The molecular formula is C11H6ClF3N4. The van der Waals surface area contributed by atoms with Crippen molar-refractivity contribution in [3.63, 3.8) is 0 Å². The molecule has 0 N–H and O–H groups in total. The van der Waals surface area contributed by atoms with E-state index in [4.69, 9.17) is 16.9 Å². The molecule has 0 atom stereocenters. The van der Waals surface area contributed by atoms with Crippen LogP contribution in [0.5, 0.6) is 0 Å². The lowest BCUT2D eigenvalue weighted by molar-refractivity contribution is -0.143. The van der Waals surface area contributed by atoms with Gasteiger partial charge in [-0.15, -0.1) is 5.10 Å². The number of nitriles is 1. The second-order valence-corrected chi connectivity index (χ2v) is 4.15. The first kappa shape index (κ1) is 13.4. The van der Waals surface area contributed by atoms with Gasteiger partial charge in [-0.05, 0) is 24.6 Å². The van der Waals surface area contributed by atoms with Crippen LogP contribution in [0.4, 0.5) is 13.2 Å². The van der Waals surface area contributed by atoms with Crippen LogP contribution in [0.2, 0.25) is 5.02 Å². The zero-order valence-corrected chi connectivity index (χ0v) is 10.3. The van der Waals surface area contributed by atoms with E-state index in [-0.39, 0.29) is 5.69 Å². The molecule has 98 valence electrons. The van der Waals surface area contributed by atoms with Gasteiger partial charge in [0, 0.05) is 5.02 Å². The standard InChI is InChI=1S/C11H6ClF3N4/c1-6-2-3-7(4-8(6)12)19-10(11(13,14)15)9(5-16)17-18-19/h2-4H,1H3. The molecule has 8 heteroatoms. The van der Waals surface area contributed by atoms with Gasteiger partial charge >= 0.3 is 6.18 Å². The van der Waals surface area contributed by atoms with Gasteiger partial charge in [-0.3, -0.25) is 0 Å². The molecule has 2 aromatic rings. The maximum Gasteiger partial charge on any atom is 0.436 e. The lowest BCUT2D eigenvalue weighted by atomic mass is 10.2.